The summed E-state index contributed by atoms with van der Waals surface area (Å²) in [6, 6.07) is 1.19. The summed E-state index contributed by atoms with van der Waals surface area (Å²) in [6.45, 7) is 7.75. The van der Waals surface area contributed by atoms with Gasteiger partial charge in [0.1, 0.15) is 0 Å². The van der Waals surface area contributed by atoms with E-state index in [0.29, 0.717) is 18.0 Å². The number of nitrogens with zero attached hydrogens (tertiary/aromatic N) is 4. The van der Waals surface area contributed by atoms with Gasteiger partial charge in [0.05, 0.1) is 18.4 Å². The molecule has 1 saturated heterocycles. The van der Waals surface area contributed by atoms with Crippen LogP contribution in [0.1, 0.15) is 20.3 Å². The molecule has 1 aromatic rings. The fourth-order valence-electron chi connectivity index (χ4n) is 2.82. The van der Waals surface area contributed by atoms with Crippen molar-refractivity contribution in [2.45, 2.75) is 38.9 Å². The predicted octanol–water partition coefficient (Wildman–Crippen LogP) is 1.59. The van der Waals surface area contributed by atoms with Gasteiger partial charge in [0.25, 0.3) is 0 Å². The van der Waals surface area contributed by atoms with Crippen molar-refractivity contribution in [2.75, 3.05) is 39.5 Å². The van der Waals surface area contributed by atoms with E-state index < -0.39 is 0 Å². The van der Waals surface area contributed by atoms with Crippen LogP contribution in [0.4, 0.5) is 5.69 Å². The second kappa shape index (κ2) is 6.59. The highest BCUT2D eigenvalue weighted by atomic mass is 15.3. The van der Waals surface area contributed by atoms with Crippen LogP contribution >= 0.6 is 0 Å². The number of rotatable bonds is 5. The molecule has 0 saturated carbocycles. The molecule has 5 heteroatoms. The SMILES string of the molecule is C[C@@H]1CN(C)[C@H](C)C[C@@H]1Nc1cnn(CCN(C)C)c1. The molecule has 1 N–H and O–H groups in total. The van der Waals surface area contributed by atoms with Gasteiger partial charge in [0.15, 0.2) is 0 Å². The quantitative estimate of drug-likeness (QED) is 0.888. The summed E-state index contributed by atoms with van der Waals surface area (Å²) < 4.78 is 2.02. The zero-order chi connectivity index (χ0) is 14.7. The lowest BCUT2D eigenvalue weighted by atomic mass is 9.90. The van der Waals surface area contributed by atoms with Crippen molar-refractivity contribution in [2.24, 2.45) is 5.92 Å². The zero-order valence-electron chi connectivity index (χ0n) is 13.5. The first-order chi connectivity index (χ1) is 9.45. The summed E-state index contributed by atoms with van der Waals surface area (Å²) in [6.07, 6.45) is 5.27. The average Bonchev–Trinajstić information content (AvgIpc) is 2.81. The highest BCUT2D eigenvalue weighted by Crippen LogP contribution is 2.24. The Hall–Kier alpha value is -1.07. The molecular weight excluding hydrogens is 250 g/mol. The van der Waals surface area contributed by atoms with Gasteiger partial charge in [0, 0.05) is 31.4 Å². The molecule has 0 radical (unpaired) electrons. The standard InChI is InChI=1S/C15H29N5/c1-12-10-19(5)13(2)8-15(12)17-14-9-16-20(11-14)7-6-18(3)4/h9,11-13,15,17H,6-8,10H2,1-5H3/t12-,13-,15+/m1/s1. The van der Waals surface area contributed by atoms with E-state index in [1.165, 1.54) is 6.42 Å². The molecule has 2 heterocycles. The molecule has 1 fully saturated rings. The van der Waals surface area contributed by atoms with E-state index in [0.717, 1.165) is 25.3 Å². The highest BCUT2D eigenvalue weighted by molar-refractivity contribution is 5.39. The van der Waals surface area contributed by atoms with Gasteiger partial charge in [-0.3, -0.25) is 4.68 Å². The van der Waals surface area contributed by atoms with E-state index >= 15 is 0 Å². The van der Waals surface area contributed by atoms with Gasteiger partial charge in [-0.2, -0.15) is 5.10 Å². The Morgan fingerprint density at radius 1 is 1.40 bits per heavy atom. The summed E-state index contributed by atoms with van der Waals surface area (Å²) in [5.74, 6) is 0.668. The molecule has 0 bridgehead atoms. The Labute approximate surface area is 122 Å². The first kappa shape index (κ1) is 15.3. The molecule has 0 unspecified atom stereocenters. The third-order valence-electron chi connectivity index (χ3n) is 4.37. The van der Waals surface area contributed by atoms with Gasteiger partial charge in [-0.25, -0.2) is 0 Å². The summed E-state index contributed by atoms with van der Waals surface area (Å²) in [7, 11) is 6.39. The third kappa shape index (κ3) is 3.96. The highest BCUT2D eigenvalue weighted by Gasteiger charge is 2.28. The van der Waals surface area contributed by atoms with Crippen molar-refractivity contribution in [3.8, 4) is 0 Å². The van der Waals surface area contributed by atoms with Crippen LogP contribution in [0, 0.1) is 5.92 Å². The molecule has 5 nitrogen and oxygen atoms in total. The van der Waals surface area contributed by atoms with Crippen LogP contribution in [0.25, 0.3) is 0 Å². The molecule has 1 aliphatic rings. The molecule has 1 aromatic heterocycles. The minimum absolute atomic E-state index is 0.549. The van der Waals surface area contributed by atoms with Crippen molar-refractivity contribution in [3.63, 3.8) is 0 Å². The summed E-state index contributed by atoms with van der Waals surface area (Å²) in [5, 5.41) is 8.10. The van der Waals surface area contributed by atoms with Gasteiger partial charge in [-0.1, -0.05) is 6.92 Å². The lowest BCUT2D eigenvalue weighted by Gasteiger charge is -2.40. The molecule has 0 spiro atoms. The number of anilines is 1. The van der Waals surface area contributed by atoms with E-state index in [4.69, 9.17) is 0 Å². The number of aromatic nitrogens is 2. The summed E-state index contributed by atoms with van der Waals surface area (Å²) in [5.41, 5.74) is 1.15. The number of hydrogen-bond acceptors (Lipinski definition) is 4. The smallest absolute Gasteiger partial charge is 0.0728 e. The monoisotopic (exact) mass is 279 g/mol. The number of likely N-dealkylation sites (N-methyl/N-ethyl adjacent to an activating group) is 1. The molecule has 0 aromatic carbocycles. The van der Waals surface area contributed by atoms with Crippen LogP contribution in [0.2, 0.25) is 0 Å². The van der Waals surface area contributed by atoms with Crippen LogP contribution in [-0.2, 0) is 6.54 Å². The van der Waals surface area contributed by atoms with Crippen LogP contribution < -0.4 is 5.32 Å². The Balaban J connectivity index is 1.89. The van der Waals surface area contributed by atoms with E-state index in [1.54, 1.807) is 0 Å². The molecule has 2 rings (SSSR count). The number of likely N-dealkylation sites (tertiary alicyclic amines) is 1. The third-order valence-corrected chi connectivity index (χ3v) is 4.37. The Morgan fingerprint density at radius 2 is 2.15 bits per heavy atom. The largest absolute Gasteiger partial charge is 0.379 e. The molecular formula is C15H29N5. The van der Waals surface area contributed by atoms with Crippen LogP contribution in [0.3, 0.4) is 0 Å². The average molecular weight is 279 g/mol. The van der Waals surface area contributed by atoms with E-state index in [2.05, 4.69) is 61.4 Å². The zero-order valence-corrected chi connectivity index (χ0v) is 13.5. The number of hydrogen-bond donors (Lipinski definition) is 1. The molecule has 114 valence electrons. The molecule has 1 aliphatic heterocycles. The van der Waals surface area contributed by atoms with Gasteiger partial charge < -0.3 is 15.1 Å². The Bertz CT molecular complexity index is 414. The lowest BCUT2D eigenvalue weighted by Crippen LogP contribution is -2.48. The second-order valence-corrected chi connectivity index (χ2v) is 6.55. The topological polar surface area (TPSA) is 36.3 Å². The predicted molar refractivity (Wildman–Crippen MR) is 84.1 cm³/mol. The fraction of sp³-hybridized carbons (Fsp3) is 0.800. The van der Waals surface area contributed by atoms with Crippen LogP contribution in [-0.4, -0.2) is 65.9 Å². The van der Waals surface area contributed by atoms with Gasteiger partial charge >= 0.3 is 0 Å². The molecule has 0 amide bonds. The van der Waals surface area contributed by atoms with E-state index in [9.17, 15) is 0 Å². The van der Waals surface area contributed by atoms with Crippen LogP contribution in [0.5, 0.6) is 0 Å². The van der Waals surface area contributed by atoms with Gasteiger partial charge in [-0.05, 0) is 40.4 Å². The summed E-state index contributed by atoms with van der Waals surface area (Å²) >= 11 is 0. The Kier molecular flexibility index (Phi) is 5.05. The normalized spacial score (nSPS) is 28.0. The maximum Gasteiger partial charge on any atom is 0.0728 e. The molecule has 20 heavy (non-hydrogen) atoms. The maximum absolute atomic E-state index is 4.43. The van der Waals surface area contributed by atoms with Crippen molar-refractivity contribution < 1.29 is 0 Å². The molecule has 3 atom stereocenters. The van der Waals surface area contributed by atoms with Crippen molar-refractivity contribution in [1.29, 1.82) is 0 Å². The molecule has 0 aliphatic carbocycles. The minimum atomic E-state index is 0.549. The Morgan fingerprint density at radius 3 is 2.85 bits per heavy atom. The fourth-order valence-corrected chi connectivity index (χ4v) is 2.82. The lowest BCUT2D eigenvalue weighted by molar-refractivity contribution is 0.145. The first-order valence-corrected chi connectivity index (χ1v) is 7.59. The van der Waals surface area contributed by atoms with E-state index in [-0.39, 0.29) is 0 Å². The minimum Gasteiger partial charge on any atom is -0.379 e. The number of piperidine rings is 1. The van der Waals surface area contributed by atoms with Gasteiger partial charge in [-0.15, -0.1) is 0 Å². The van der Waals surface area contributed by atoms with Crippen molar-refractivity contribution >= 4 is 5.69 Å². The summed E-state index contributed by atoms with van der Waals surface area (Å²) in [4.78, 5) is 4.62. The van der Waals surface area contributed by atoms with Crippen LogP contribution in [0.15, 0.2) is 12.4 Å². The first-order valence-electron chi connectivity index (χ1n) is 7.59. The second-order valence-electron chi connectivity index (χ2n) is 6.55. The van der Waals surface area contributed by atoms with Crippen molar-refractivity contribution in [3.05, 3.63) is 12.4 Å². The van der Waals surface area contributed by atoms with Crippen molar-refractivity contribution in [1.82, 2.24) is 19.6 Å². The van der Waals surface area contributed by atoms with Gasteiger partial charge in [0.2, 0.25) is 0 Å². The number of nitrogens with one attached hydrogen (secondary N) is 1. The maximum atomic E-state index is 4.43. The van der Waals surface area contributed by atoms with E-state index in [1.807, 2.05) is 10.9 Å².